The highest BCUT2D eigenvalue weighted by molar-refractivity contribution is 6.17. The van der Waals surface area contributed by atoms with Crippen LogP contribution >= 0.6 is 11.6 Å². The van der Waals surface area contributed by atoms with Crippen molar-refractivity contribution in [1.29, 1.82) is 0 Å². The van der Waals surface area contributed by atoms with Crippen LogP contribution in [0.3, 0.4) is 0 Å². The van der Waals surface area contributed by atoms with E-state index in [0.717, 1.165) is 22.4 Å². The van der Waals surface area contributed by atoms with Crippen LogP contribution in [0.15, 0.2) is 68.3 Å². The second-order valence-corrected chi connectivity index (χ2v) is 4.32. The SMILES string of the molecule is C=Cc1ccc(C=C)cc1.C=Cc1ccc(OCCl)cc1. The van der Waals surface area contributed by atoms with Gasteiger partial charge in [0.25, 0.3) is 0 Å². The van der Waals surface area contributed by atoms with Gasteiger partial charge in [0.05, 0.1) is 0 Å². The van der Waals surface area contributed by atoms with Crippen molar-refractivity contribution in [2.75, 3.05) is 6.07 Å². The zero-order chi connectivity index (χ0) is 15.5. The summed E-state index contributed by atoms with van der Waals surface area (Å²) in [6.07, 6.45) is 5.43. The molecule has 0 radical (unpaired) electrons. The molecule has 2 heteroatoms. The van der Waals surface area contributed by atoms with E-state index < -0.39 is 0 Å². The first kappa shape index (κ1) is 16.8. The summed E-state index contributed by atoms with van der Waals surface area (Å²) in [5, 5.41) is 0. The van der Waals surface area contributed by atoms with Crippen molar-refractivity contribution in [2.45, 2.75) is 0 Å². The average molecular weight is 299 g/mol. The number of alkyl halides is 1. The minimum atomic E-state index is 0.188. The van der Waals surface area contributed by atoms with E-state index in [4.69, 9.17) is 16.3 Å². The molecule has 0 aliphatic rings. The Morgan fingerprint density at radius 3 is 1.33 bits per heavy atom. The lowest BCUT2D eigenvalue weighted by molar-refractivity contribution is 0.388. The highest BCUT2D eigenvalue weighted by Crippen LogP contribution is 2.12. The summed E-state index contributed by atoms with van der Waals surface area (Å²) in [6.45, 7) is 11.0. The molecule has 0 aliphatic carbocycles. The van der Waals surface area contributed by atoms with Crippen LogP contribution in [0.2, 0.25) is 0 Å². The molecule has 2 aromatic rings. The standard InChI is InChI=1S/C10H10.C9H9ClO/c1-3-9-5-7-10(4-2)8-6-9;1-2-8-3-5-9(6-4-8)11-7-10/h3-8H,1-2H2;2-6H,1,7H2. The predicted octanol–water partition coefficient (Wildman–Crippen LogP) is 5.88. The Balaban J connectivity index is 0.000000211. The van der Waals surface area contributed by atoms with Crippen molar-refractivity contribution in [1.82, 2.24) is 0 Å². The van der Waals surface area contributed by atoms with Crippen LogP contribution in [0.1, 0.15) is 16.7 Å². The van der Waals surface area contributed by atoms with E-state index in [2.05, 4.69) is 19.7 Å². The van der Waals surface area contributed by atoms with Crippen molar-refractivity contribution < 1.29 is 4.74 Å². The largest absolute Gasteiger partial charge is 0.478 e. The maximum Gasteiger partial charge on any atom is 0.162 e. The fourth-order valence-electron chi connectivity index (χ4n) is 1.53. The van der Waals surface area contributed by atoms with E-state index in [1.807, 2.05) is 60.7 Å². The summed E-state index contributed by atoms with van der Waals surface area (Å²) in [7, 11) is 0. The molecule has 21 heavy (non-hydrogen) atoms. The third-order valence-corrected chi connectivity index (χ3v) is 2.85. The molecule has 0 spiro atoms. The van der Waals surface area contributed by atoms with E-state index in [1.54, 1.807) is 6.08 Å². The van der Waals surface area contributed by atoms with Gasteiger partial charge in [0, 0.05) is 0 Å². The van der Waals surface area contributed by atoms with Gasteiger partial charge in [0.15, 0.2) is 6.07 Å². The van der Waals surface area contributed by atoms with Gasteiger partial charge < -0.3 is 4.74 Å². The van der Waals surface area contributed by atoms with Crippen molar-refractivity contribution in [3.8, 4) is 5.75 Å². The van der Waals surface area contributed by atoms with Crippen molar-refractivity contribution in [3.63, 3.8) is 0 Å². The molecular weight excluding hydrogens is 280 g/mol. The topological polar surface area (TPSA) is 9.23 Å². The van der Waals surface area contributed by atoms with E-state index in [9.17, 15) is 0 Å². The number of hydrogen-bond acceptors (Lipinski definition) is 1. The zero-order valence-electron chi connectivity index (χ0n) is 12.0. The van der Waals surface area contributed by atoms with Gasteiger partial charge in [-0.1, -0.05) is 86.0 Å². The van der Waals surface area contributed by atoms with Crippen LogP contribution in [0.4, 0.5) is 0 Å². The molecule has 0 bridgehead atoms. The van der Waals surface area contributed by atoms with E-state index in [1.165, 1.54) is 0 Å². The molecule has 0 atom stereocenters. The minimum Gasteiger partial charge on any atom is -0.478 e. The molecule has 2 aromatic carbocycles. The van der Waals surface area contributed by atoms with Crippen LogP contribution in [0, 0.1) is 0 Å². The Kier molecular flexibility index (Phi) is 7.70. The molecule has 2 rings (SSSR count). The Hall–Kier alpha value is -2.25. The molecule has 1 nitrogen and oxygen atoms in total. The maximum absolute atomic E-state index is 5.37. The van der Waals surface area contributed by atoms with Gasteiger partial charge in [-0.25, -0.2) is 0 Å². The Labute approximate surface area is 131 Å². The molecule has 0 heterocycles. The van der Waals surface area contributed by atoms with Gasteiger partial charge in [-0.2, -0.15) is 0 Å². The van der Waals surface area contributed by atoms with Gasteiger partial charge in [-0.3, -0.25) is 0 Å². The lowest BCUT2D eigenvalue weighted by atomic mass is 10.1. The monoisotopic (exact) mass is 298 g/mol. The summed E-state index contributed by atoms with van der Waals surface area (Å²) in [5.74, 6) is 0.783. The van der Waals surface area contributed by atoms with E-state index >= 15 is 0 Å². The van der Waals surface area contributed by atoms with Gasteiger partial charge in [-0.15, -0.1) is 0 Å². The summed E-state index contributed by atoms with van der Waals surface area (Å²) in [6, 6.07) is 15.8. The molecule has 0 amide bonds. The molecule has 0 aliphatic heterocycles. The predicted molar refractivity (Wildman–Crippen MR) is 94.5 cm³/mol. The average Bonchev–Trinajstić information content (AvgIpc) is 2.56. The highest BCUT2D eigenvalue weighted by Gasteiger charge is 1.90. The molecule has 0 fully saturated rings. The first-order chi connectivity index (χ1) is 10.2. The maximum atomic E-state index is 5.37. The molecular formula is C19H19ClO. The minimum absolute atomic E-state index is 0.188. The summed E-state index contributed by atoms with van der Waals surface area (Å²) in [5.41, 5.74) is 3.36. The van der Waals surface area contributed by atoms with Gasteiger partial charge >= 0.3 is 0 Å². The normalized spacial score (nSPS) is 9.00. The van der Waals surface area contributed by atoms with E-state index in [0.29, 0.717) is 0 Å². The smallest absolute Gasteiger partial charge is 0.162 e. The summed E-state index contributed by atoms with van der Waals surface area (Å²) < 4.78 is 5.04. The van der Waals surface area contributed by atoms with Crippen molar-refractivity contribution in [2.24, 2.45) is 0 Å². The van der Waals surface area contributed by atoms with Crippen LogP contribution < -0.4 is 4.74 Å². The zero-order valence-corrected chi connectivity index (χ0v) is 12.7. The first-order valence-corrected chi connectivity index (χ1v) is 7.03. The Bertz CT molecular complexity index is 541. The van der Waals surface area contributed by atoms with Crippen LogP contribution in [-0.2, 0) is 0 Å². The highest BCUT2D eigenvalue weighted by atomic mass is 35.5. The third-order valence-electron chi connectivity index (χ3n) is 2.74. The molecule has 108 valence electrons. The fraction of sp³-hybridized carbons (Fsp3) is 0.0526. The number of rotatable bonds is 5. The Morgan fingerprint density at radius 1 is 0.714 bits per heavy atom. The number of hydrogen-bond donors (Lipinski definition) is 0. The third kappa shape index (κ3) is 6.15. The van der Waals surface area contributed by atoms with Crippen LogP contribution in [0.25, 0.3) is 18.2 Å². The number of benzene rings is 2. The van der Waals surface area contributed by atoms with Crippen molar-refractivity contribution in [3.05, 3.63) is 85.0 Å². The van der Waals surface area contributed by atoms with Crippen LogP contribution in [-0.4, -0.2) is 6.07 Å². The number of ether oxygens (including phenoxy) is 1. The van der Waals surface area contributed by atoms with Crippen molar-refractivity contribution >= 4 is 29.8 Å². The second-order valence-electron chi connectivity index (χ2n) is 4.10. The van der Waals surface area contributed by atoms with Gasteiger partial charge in [-0.05, 0) is 28.8 Å². The molecule has 0 unspecified atom stereocenters. The lowest BCUT2D eigenvalue weighted by Gasteiger charge is -2.00. The lowest BCUT2D eigenvalue weighted by Crippen LogP contribution is -1.87. The summed E-state index contributed by atoms with van der Waals surface area (Å²) >= 11 is 5.37. The molecule has 0 aromatic heterocycles. The van der Waals surface area contributed by atoms with Crippen LogP contribution in [0.5, 0.6) is 5.75 Å². The number of halogens is 1. The molecule has 0 N–H and O–H groups in total. The molecule has 0 saturated heterocycles. The first-order valence-electron chi connectivity index (χ1n) is 6.49. The van der Waals surface area contributed by atoms with Gasteiger partial charge in [0.2, 0.25) is 0 Å². The second kappa shape index (κ2) is 9.62. The van der Waals surface area contributed by atoms with E-state index in [-0.39, 0.29) is 6.07 Å². The fourth-order valence-corrected chi connectivity index (χ4v) is 1.66. The van der Waals surface area contributed by atoms with Gasteiger partial charge in [0.1, 0.15) is 5.75 Å². The quantitative estimate of drug-likeness (QED) is 0.627. The Morgan fingerprint density at radius 2 is 1.05 bits per heavy atom. The molecule has 0 saturated carbocycles. The summed E-state index contributed by atoms with van der Waals surface area (Å²) in [4.78, 5) is 0.